The summed E-state index contributed by atoms with van der Waals surface area (Å²) in [5.41, 5.74) is 0.496. The molecule has 20 heavy (non-hydrogen) atoms. The number of aliphatic carboxylic acids is 1. The van der Waals surface area contributed by atoms with Gasteiger partial charge in [0, 0.05) is 23.4 Å². The molecule has 1 aromatic rings. The average Bonchev–Trinajstić information content (AvgIpc) is 2.29. The number of amides is 1. The van der Waals surface area contributed by atoms with Gasteiger partial charge in [-0.05, 0) is 30.2 Å². The van der Waals surface area contributed by atoms with Crippen LogP contribution >= 0.6 is 11.8 Å². The minimum Gasteiger partial charge on any atom is -0.481 e. The number of hydrogen-bond donors (Lipinski definition) is 2. The Kier molecular flexibility index (Phi) is 6.44. The Morgan fingerprint density at radius 3 is 2.35 bits per heavy atom. The van der Waals surface area contributed by atoms with Crippen molar-refractivity contribution in [2.45, 2.75) is 30.4 Å². The molecule has 0 spiro atoms. The van der Waals surface area contributed by atoms with Crippen molar-refractivity contribution in [3.8, 4) is 0 Å². The summed E-state index contributed by atoms with van der Waals surface area (Å²) in [5, 5.41) is 11.2. The molecule has 110 valence electrons. The van der Waals surface area contributed by atoms with E-state index >= 15 is 0 Å². The Bertz CT molecular complexity index is 465. The van der Waals surface area contributed by atoms with Gasteiger partial charge in [0.25, 0.3) is 5.76 Å². The highest BCUT2D eigenvalue weighted by Crippen LogP contribution is 2.26. The summed E-state index contributed by atoms with van der Waals surface area (Å²) in [6.07, 6.45) is 0.0250. The zero-order chi connectivity index (χ0) is 15.1. The van der Waals surface area contributed by atoms with Crippen LogP contribution in [-0.4, -0.2) is 22.7 Å². The van der Waals surface area contributed by atoms with Gasteiger partial charge in [-0.3, -0.25) is 9.59 Å². The minimum atomic E-state index is -2.48. The van der Waals surface area contributed by atoms with Crippen LogP contribution < -0.4 is 5.32 Å². The molecule has 1 atom stereocenters. The third-order valence-corrected chi connectivity index (χ3v) is 3.14. The summed E-state index contributed by atoms with van der Waals surface area (Å²) in [6.45, 7) is 1.68. The molecule has 0 bridgehead atoms. The number of carbonyl (C=O) groups excluding carboxylic acids is 1. The largest absolute Gasteiger partial charge is 0.481 e. The van der Waals surface area contributed by atoms with E-state index in [-0.39, 0.29) is 24.7 Å². The summed E-state index contributed by atoms with van der Waals surface area (Å²) < 4.78 is 24.2. The fourth-order valence-electron chi connectivity index (χ4n) is 1.62. The number of halogens is 2. The zero-order valence-corrected chi connectivity index (χ0v) is 11.6. The third-order valence-electron chi connectivity index (χ3n) is 2.42. The van der Waals surface area contributed by atoms with E-state index in [9.17, 15) is 18.4 Å². The maximum absolute atomic E-state index is 12.1. The van der Waals surface area contributed by atoms with Crippen molar-refractivity contribution in [2.24, 2.45) is 5.92 Å². The van der Waals surface area contributed by atoms with Crippen molar-refractivity contribution in [2.75, 3.05) is 5.32 Å². The van der Waals surface area contributed by atoms with Crippen LogP contribution in [0.4, 0.5) is 14.5 Å². The van der Waals surface area contributed by atoms with E-state index in [4.69, 9.17) is 5.11 Å². The molecule has 1 amide bonds. The molecule has 1 unspecified atom stereocenters. The van der Waals surface area contributed by atoms with Crippen LogP contribution in [0.5, 0.6) is 0 Å². The average molecular weight is 303 g/mol. The van der Waals surface area contributed by atoms with Crippen molar-refractivity contribution >= 4 is 29.3 Å². The van der Waals surface area contributed by atoms with Crippen molar-refractivity contribution in [3.63, 3.8) is 0 Å². The van der Waals surface area contributed by atoms with Gasteiger partial charge >= 0.3 is 5.97 Å². The van der Waals surface area contributed by atoms with Gasteiger partial charge < -0.3 is 10.4 Å². The number of alkyl halides is 2. The lowest BCUT2D eigenvalue weighted by atomic mass is 10.0. The van der Waals surface area contributed by atoms with Gasteiger partial charge in [-0.2, -0.15) is 8.78 Å². The van der Waals surface area contributed by atoms with Crippen LogP contribution in [0.2, 0.25) is 0 Å². The van der Waals surface area contributed by atoms with Crippen molar-refractivity contribution < 1.29 is 23.5 Å². The molecule has 0 heterocycles. The molecule has 0 radical (unpaired) electrons. The molecule has 7 heteroatoms. The Labute approximate surface area is 119 Å². The molecule has 0 aliphatic rings. The molecule has 0 aliphatic heterocycles. The fourth-order valence-corrected chi connectivity index (χ4v) is 2.12. The highest BCUT2D eigenvalue weighted by Gasteiger charge is 2.13. The van der Waals surface area contributed by atoms with Crippen LogP contribution in [0, 0.1) is 5.92 Å². The monoisotopic (exact) mass is 303 g/mol. The SMILES string of the molecule is CC(CC(=O)O)CC(=O)Nc1ccc(SC(F)F)cc1. The van der Waals surface area contributed by atoms with E-state index < -0.39 is 11.7 Å². The van der Waals surface area contributed by atoms with Crippen LogP contribution in [0.25, 0.3) is 0 Å². The molecule has 4 nitrogen and oxygen atoms in total. The standard InChI is InChI=1S/C13H15F2NO3S/c1-8(7-12(18)19)6-11(17)16-9-2-4-10(5-3-9)20-13(14)15/h2-5,8,13H,6-7H2,1H3,(H,16,17)(H,18,19). The van der Waals surface area contributed by atoms with Crippen LogP contribution in [0.15, 0.2) is 29.2 Å². The maximum atomic E-state index is 12.1. The number of anilines is 1. The normalized spacial score (nSPS) is 12.2. The predicted molar refractivity (Wildman–Crippen MR) is 73.0 cm³/mol. The number of nitrogens with one attached hydrogen (secondary N) is 1. The molecule has 1 rings (SSSR count). The number of carboxylic acids is 1. The summed E-state index contributed by atoms with van der Waals surface area (Å²) in [5.74, 6) is -3.99. The van der Waals surface area contributed by atoms with E-state index in [1.807, 2.05) is 0 Å². The molecule has 0 saturated carbocycles. The van der Waals surface area contributed by atoms with E-state index in [0.717, 1.165) is 0 Å². The Hall–Kier alpha value is -1.63. The Balaban J connectivity index is 2.47. The van der Waals surface area contributed by atoms with Gasteiger partial charge in [-0.1, -0.05) is 18.7 Å². The molecule has 1 aromatic carbocycles. The lowest BCUT2D eigenvalue weighted by Crippen LogP contribution is -2.16. The van der Waals surface area contributed by atoms with Crippen LogP contribution in [0.1, 0.15) is 19.8 Å². The summed E-state index contributed by atoms with van der Waals surface area (Å²) in [6, 6.07) is 6.05. The fraction of sp³-hybridized carbons (Fsp3) is 0.385. The number of carbonyl (C=O) groups is 2. The third kappa shape index (κ3) is 6.51. The topological polar surface area (TPSA) is 66.4 Å². The van der Waals surface area contributed by atoms with Crippen molar-refractivity contribution in [1.82, 2.24) is 0 Å². The molecule has 0 aliphatic carbocycles. The lowest BCUT2D eigenvalue weighted by molar-refractivity contribution is -0.138. The van der Waals surface area contributed by atoms with E-state index in [1.165, 1.54) is 24.3 Å². The van der Waals surface area contributed by atoms with Crippen LogP contribution in [-0.2, 0) is 9.59 Å². The van der Waals surface area contributed by atoms with Gasteiger partial charge in [0.2, 0.25) is 5.91 Å². The smallest absolute Gasteiger partial charge is 0.303 e. The number of carboxylic acid groups (broad SMARTS) is 1. The lowest BCUT2D eigenvalue weighted by Gasteiger charge is -2.09. The second kappa shape index (κ2) is 7.84. The number of thioether (sulfide) groups is 1. The van der Waals surface area contributed by atoms with Crippen molar-refractivity contribution in [3.05, 3.63) is 24.3 Å². The van der Waals surface area contributed by atoms with Gasteiger partial charge in [-0.15, -0.1) is 0 Å². The second-order valence-electron chi connectivity index (χ2n) is 4.36. The van der Waals surface area contributed by atoms with Gasteiger partial charge in [0.1, 0.15) is 0 Å². The molecule has 0 saturated heterocycles. The highest BCUT2D eigenvalue weighted by molar-refractivity contribution is 7.99. The van der Waals surface area contributed by atoms with Gasteiger partial charge in [0.15, 0.2) is 0 Å². The first-order valence-corrected chi connectivity index (χ1v) is 6.81. The molecule has 2 N–H and O–H groups in total. The first-order chi connectivity index (χ1) is 9.36. The molecule has 0 aromatic heterocycles. The number of hydrogen-bond acceptors (Lipinski definition) is 3. The van der Waals surface area contributed by atoms with Crippen molar-refractivity contribution in [1.29, 1.82) is 0 Å². The quantitative estimate of drug-likeness (QED) is 0.757. The molecule has 0 fully saturated rings. The molecular weight excluding hydrogens is 288 g/mol. The van der Waals surface area contributed by atoms with Gasteiger partial charge in [0.05, 0.1) is 0 Å². The predicted octanol–water partition coefficient (Wildman–Crippen LogP) is 3.44. The Morgan fingerprint density at radius 1 is 1.25 bits per heavy atom. The highest BCUT2D eigenvalue weighted by atomic mass is 32.2. The Morgan fingerprint density at radius 2 is 1.85 bits per heavy atom. The first kappa shape index (κ1) is 16.4. The number of rotatable bonds is 7. The van der Waals surface area contributed by atoms with E-state index in [1.54, 1.807) is 6.92 Å². The second-order valence-corrected chi connectivity index (χ2v) is 5.42. The zero-order valence-electron chi connectivity index (χ0n) is 10.8. The number of benzene rings is 1. The summed E-state index contributed by atoms with van der Waals surface area (Å²) in [4.78, 5) is 22.5. The minimum absolute atomic E-state index is 0.0720. The first-order valence-electron chi connectivity index (χ1n) is 5.93. The molecular formula is C13H15F2NO3S. The van der Waals surface area contributed by atoms with Gasteiger partial charge in [-0.25, -0.2) is 0 Å². The summed E-state index contributed by atoms with van der Waals surface area (Å²) >= 11 is 0.432. The van der Waals surface area contributed by atoms with E-state index in [2.05, 4.69) is 5.32 Å². The summed E-state index contributed by atoms with van der Waals surface area (Å²) in [7, 11) is 0. The van der Waals surface area contributed by atoms with Crippen LogP contribution in [0.3, 0.4) is 0 Å². The maximum Gasteiger partial charge on any atom is 0.303 e. The van der Waals surface area contributed by atoms with E-state index in [0.29, 0.717) is 22.3 Å².